The quantitative estimate of drug-likeness (QED) is 0.415. The van der Waals surface area contributed by atoms with Gasteiger partial charge in [-0.15, -0.1) is 0 Å². The minimum atomic E-state index is -0.0931. The Morgan fingerprint density at radius 2 is 1.77 bits per heavy atom. The maximum Gasteiger partial charge on any atom is 0.195 e. The number of fused-ring (bicyclic) bond motifs is 1. The Balaban J connectivity index is 1.61. The fourth-order valence-corrected chi connectivity index (χ4v) is 3.42. The van der Waals surface area contributed by atoms with Crippen LogP contribution < -0.4 is 5.32 Å². The van der Waals surface area contributed by atoms with Crippen molar-refractivity contribution in [2.24, 2.45) is 0 Å². The predicted molar refractivity (Wildman–Crippen MR) is 117 cm³/mol. The van der Waals surface area contributed by atoms with Gasteiger partial charge in [0.2, 0.25) is 0 Å². The van der Waals surface area contributed by atoms with E-state index in [1.807, 2.05) is 49.4 Å². The average Bonchev–Trinajstić information content (AvgIpc) is 3.21. The first-order valence-corrected chi connectivity index (χ1v) is 9.95. The highest BCUT2D eigenvalue weighted by molar-refractivity contribution is 6.18. The van der Waals surface area contributed by atoms with Gasteiger partial charge in [-0.25, -0.2) is 9.97 Å². The minimum Gasteiger partial charge on any atom is -0.345 e. The highest BCUT2D eigenvalue weighted by atomic mass is 16.1. The molecule has 0 saturated heterocycles. The number of carbonyl (C=O) groups excluding carboxylic acids is 2. The lowest BCUT2D eigenvalue weighted by molar-refractivity contribution is -0.118. The molecule has 4 rings (SSSR count). The van der Waals surface area contributed by atoms with E-state index in [2.05, 4.69) is 20.3 Å². The number of Topliss-reactive ketones (excluding diaryl/α,β-unsaturated/α-hetero) is 1. The zero-order valence-corrected chi connectivity index (χ0v) is 16.7. The largest absolute Gasteiger partial charge is 0.345 e. The van der Waals surface area contributed by atoms with Crippen molar-refractivity contribution >= 4 is 34.1 Å². The lowest BCUT2D eigenvalue weighted by Gasteiger charge is -2.09. The summed E-state index contributed by atoms with van der Waals surface area (Å²) in [4.78, 5) is 36.5. The molecule has 0 aliphatic carbocycles. The van der Waals surface area contributed by atoms with Crippen LogP contribution in [0.2, 0.25) is 0 Å². The Morgan fingerprint density at radius 1 is 1.00 bits per heavy atom. The molecule has 2 aromatic carbocycles. The summed E-state index contributed by atoms with van der Waals surface area (Å²) < 4.78 is 0. The molecule has 2 N–H and O–H groups in total. The molecular formula is C24H22N4O2. The van der Waals surface area contributed by atoms with Gasteiger partial charge in [0.15, 0.2) is 5.78 Å². The van der Waals surface area contributed by atoms with Crippen molar-refractivity contribution in [1.29, 1.82) is 0 Å². The van der Waals surface area contributed by atoms with Crippen molar-refractivity contribution in [3.05, 3.63) is 83.8 Å². The van der Waals surface area contributed by atoms with E-state index < -0.39 is 0 Å². The third-order valence-corrected chi connectivity index (χ3v) is 4.90. The second kappa shape index (κ2) is 8.69. The molecule has 0 bridgehead atoms. The number of carbonyl (C=O) groups is 2. The first kappa shape index (κ1) is 19.5. The number of aromatic amines is 1. The van der Waals surface area contributed by atoms with Crippen LogP contribution in [-0.2, 0) is 11.2 Å². The molecule has 0 fully saturated rings. The van der Waals surface area contributed by atoms with Crippen LogP contribution in [0.3, 0.4) is 0 Å². The zero-order chi connectivity index (χ0) is 20.9. The Morgan fingerprint density at radius 3 is 2.50 bits per heavy atom. The highest BCUT2D eigenvalue weighted by Crippen LogP contribution is 2.28. The minimum absolute atomic E-state index is 0.0931. The normalized spacial score (nSPS) is 10.8. The smallest absolute Gasteiger partial charge is 0.195 e. The van der Waals surface area contributed by atoms with E-state index in [4.69, 9.17) is 0 Å². The number of aromatic nitrogens is 3. The number of hydrogen-bond acceptors (Lipinski definition) is 5. The third kappa shape index (κ3) is 4.12. The van der Waals surface area contributed by atoms with Gasteiger partial charge in [0.25, 0.3) is 0 Å². The molecule has 0 radical (unpaired) electrons. The summed E-state index contributed by atoms with van der Waals surface area (Å²) >= 11 is 0. The number of anilines is 2. The van der Waals surface area contributed by atoms with Crippen LogP contribution in [0.1, 0.15) is 41.3 Å². The third-order valence-electron chi connectivity index (χ3n) is 4.90. The second-order valence-corrected chi connectivity index (χ2v) is 7.13. The van der Waals surface area contributed by atoms with Crippen LogP contribution in [-0.4, -0.2) is 26.5 Å². The summed E-state index contributed by atoms with van der Waals surface area (Å²) in [5.41, 5.74) is 3.51. The standard InChI is InChI=1S/C24H22N4O2/c1-2-6-19(29)13-16-9-11-18(12-10-16)28-24-21-20(14-25-23(21)26-15-27-24)22(30)17-7-4-3-5-8-17/h3-5,7-12,14-15H,2,6,13H2,1H3,(H2,25,26,27,28). The van der Waals surface area contributed by atoms with Gasteiger partial charge < -0.3 is 10.3 Å². The highest BCUT2D eigenvalue weighted by Gasteiger charge is 2.18. The van der Waals surface area contributed by atoms with E-state index in [0.29, 0.717) is 40.8 Å². The SMILES string of the molecule is CCCC(=O)Cc1ccc(Nc2ncnc3[nH]cc(C(=O)c4ccccc4)c23)cc1. The predicted octanol–water partition coefficient (Wildman–Crippen LogP) is 4.84. The first-order valence-electron chi connectivity index (χ1n) is 9.95. The molecule has 150 valence electrons. The van der Waals surface area contributed by atoms with Crippen LogP contribution in [0, 0.1) is 0 Å². The van der Waals surface area contributed by atoms with Crippen LogP contribution in [0.25, 0.3) is 11.0 Å². The molecule has 30 heavy (non-hydrogen) atoms. The van der Waals surface area contributed by atoms with Crippen molar-refractivity contribution < 1.29 is 9.59 Å². The van der Waals surface area contributed by atoms with Gasteiger partial charge in [-0.05, 0) is 24.1 Å². The van der Waals surface area contributed by atoms with Crippen LogP contribution in [0.15, 0.2) is 67.1 Å². The number of H-pyrrole nitrogens is 1. The zero-order valence-electron chi connectivity index (χ0n) is 16.7. The van der Waals surface area contributed by atoms with E-state index in [9.17, 15) is 9.59 Å². The van der Waals surface area contributed by atoms with E-state index in [1.165, 1.54) is 6.33 Å². The molecule has 2 aromatic heterocycles. The maximum absolute atomic E-state index is 13.0. The monoisotopic (exact) mass is 398 g/mol. The number of ketones is 2. The lowest BCUT2D eigenvalue weighted by atomic mass is 10.0. The van der Waals surface area contributed by atoms with Gasteiger partial charge in [0.05, 0.1) is 10.9 Å². The molecule has 0 aliphatic rings. The Hall–Kier alpha value is -3.80. The van der Waals surface area contributed by atoms with Gasteiger partial charge in [-0.2, -0.15) is 0 Å². The van der Waals surface area contributed by atoms with Gasteiger partial charge >= 0.3 is 0 Å². The van der Waals surface area contributed by atoms with Crippen molar-refractivity contribution in [2.75, 3.05) is 5.32 Å². The van der Waals surface area contributed by atoms with Gasteiger partial charge in [-0.1, -0.05) is 49.4 Å². The molecule has 0 unspecified atom stereocenters. The number of rotatable bonds is 8. The van der Waals surface area contributed by atoms with Crippen LogP contribution in [0.5, 0.6) is 0 Å². The van der Waals surface area contributed by atoms with E-state index >= 15 is 0 Å². The first-order chi connectivity index (χ1) is 14.7. The summed E-state index contributed by atoms with van der Waals surface area (Å²) in [5.74, 6) is 0.701. The Labute approximate surface area is 174 Å². The van der Waals surface area contributed by atoms with E-state index in [-0.39, 0.29) is 11.6 Å². The molecule has 0 aliphatic heterocycles. The summed E-state index contributed by atoms with van der Waals surface area (Å²) in [7, 11) is 0. The second-order valence-electron chi connectivity index (χ2n) is 7.13. The number of nitrogens with one attached hydrogen (secondary N) is 2. The fraction of sp³-hybridized carbons (Fsp3) is 0.167. The van der Waals surface area contributed by atoms with Crippen molar-refractivity contribution in [1.82, 2.24) is 15.0 Å². The maximum atomic E-state index is 13.0. The van der Waals surface area contributed by atoms with Crippen molar-refractivity contribution in [3.8, 4) is 0 Å². The Bertz CT molecular complexity index is 1180. The molecule has 0 spiro atoms. The Kier molecular flexibility index (Phi) is 5.66. The molecular weight excluding hydrogens is 376 g/mol. The molecule has 4 aromatic rings. The van der Waals surface area contributed by atoms with Gasteiger partial charge in [-0.3, -0.25) is 9.59 Å². The summed E-state index contributed by atoms with van der Waals surface area (Å²) in [6, 6.07) is 16.8. The van der Waals surface area contributed by atoms with Crippen LogP contribution in [0.4, 0.5) is 11.5 Å². The summed E-state index contributed by atoms with van der Waals surface area (Å²) in [6.45, 7) is 2.01. The van der Waals surface area contributed by atoms with Gasteiger partial charge in [0, 0.05) is 30.3 Å². The molecule has 6 nitrogen and oxygen atoms in total. The fourth-order valence-electron chi connectivity index (χ4n) is 3.42. The number of nitrogens with zero attached hydrogens (tertiary/aromatic N) is 2. The molecule has 6 heteroatoms. The van der Waals surface area contributed by atoms with Gasteiger partial charge in [0.1, 0.15) is 23.6 Å². The molecule has 0 atom stereocenters. The van der Waals surface area contributed by atoms with E-state index in [1.54, 1.807) is 18.3 Å². The van der Waals surface area contributed by atoms with E-state index in [0.717, 1.165) is 17.7 Å². The lowest BCUT2D eigenvalue weighted by Crippen LogP contribution is -2.03. The molecule has 0 amide bonds. The molecule has 2 heterocycles. The average molecular weight is 398 g/mol. The van der Waals surface area contributed by atoms with Crippen molar-refractivity contribution in [2.45, 2.75) is 26.2 Å². The molecule has 0 saturated carbocycles. The van der Waals surface area contributed by atoms with Crippen molar-refractivity contribution in [3.63, 3.8) is 0 Å². The topological polar surface area (TPSA) is 87.7 Å². The number of hydrogen-bond donors (Lipinski definition) is 2. The van der Waals surface area contributed by atoms with Crippen LogP contribution >= 0.6 is 0 Å². The number of benzene rings is 2. The summed E-state index contributed by atoms with van der Waals surface area (Å²) in [5, 5.41) is 3.92. The summed E-state index contributed by atoms with van der Waals surface area (Å²) in [6.07, 6.45) is 5.03.